The molecule has 1 rings (SSSR count). The van der Waals surface area contributed by atoms with Crippen LogP contribution >= 0.6 is 0 Å². The third kappa shape index (κ3) is 1.47. The highest BCUT2D eigenvalue weighted by Crippen LogP contribution is 2.44. The van der Waals surface area contributed by atoms with E-state index >= 15 is 0 Å². The quantitative estimate of drug-likeness (QED) is 0.567. The van der Waals surface area contributed by atoms with Crippen molar-refractivity contribution in [1.82, 2.24) is 0 Å². The first-order valence-corrected chi connectivity index (χ1v) is 4.48. The van der Waals surface area contributed by atoms with E-state index in [4.69, 9.17) is 0 Å². The minimum absolute atomic E-state index is 0.288. The Balaban J connectivity index is 2.71. The number of carbonyl (C=O) groups excluding carboxylic acids is 1. The van der Waals surface area contributed by atoms with E-state index in [1.807, 2.05) is 0 Å². The Hall–Kier alpha value is -0.330. The van der Waals surface area contributed by atoms with Crippen LogP contribution in [0.3, 0.4) is 0 Å². The SMILES string of the molecule is CC1CC(C)(C(C)C)CC1=O. The standard InChI is InChI=1S/C10H18O/c1-7(2)10(4)5-8(3)9(11)6-10/h7-8H,5-6H2,1-4H3. The van der Waals surface area contributed by atoms with Crippen molar-refractivity contribution < 1.29 is 4.79 Å². The van der Waals surface area contributed by atoms with Crippen LogP contribution in [-0.4, -0.2) is 5.78 Å². The van der Waals surface area contributed by atoms with Crippen LogP contribution in [0.5, 0.6) is 0 Å². The molecule has 64 valence electrons. The van der Waals surface area contributed by atoms with E-state index in [0.29, 0.717) is 17.6 Å². The van der Waals surface area contributed by atoms with Gasteiger partial charge in [-0.3, -0.25) is 4.79 Å². The third-order valence-electron chi connectivity index (χ3n) is 3.29. The molecule has 0 aromatic carbocycles. The van der Waals surface area contributed by atoms with Crippen LogP contribution in [0, 0.1) is 17.3 Å². The topological polar surface area (TPSA) is 17.1 Å². The Bertz CT molecular complexity index is 172. The average molecular weight is 154 g/mol. The van der Waals surface area contributed by atoms with Crippen LogP contribution in [0.1, 0.15) is 40.5 Å². The Kier molecular flexibility index (Phi) is 2.08. The van der Waals surface area contributed by atoms with Crippen molar-refractivity contribution in [2.75, 3.05) is 0 Å². The molecule has 11 heavy (non-hydrogen) atoms. The van der Waals surface area contributed by atoms with Gasteiger partial charge in [0.2, 0.25) is 0 Å². The van der Waals surface area contributed by atoms with Gasteiger partial charge in [0.1, 0.15) is 5.78 Å². The van der Waals surface area contributed by atoms with Crippen molar-refractivity contribution >= 4 is 5.78 Å². The molecule has 0 radical (unpaired) electrons. The highest BCUT2D eigenvalue weighted by Gasteiger charge is 2.40. The van der Waals surface area contributed by atoms with Gasteiger partial charge < -0.3 is 0 Å². The number of Topliss-reactive ketones (excluding diaryl/α,β-unsaturated/α-hetero) is 1. The fraction of sp³-hybridized carbons (Fsp3) is 0.900. The summed E-state index contributed by atoms with van der Waals surface area (Å²) in [5, 5.41) is 0. The van der Waals surface area contributed by atoms with Gasteiger partial charge in [-0.05, 0) is 17.8 Å². The number of ketones is 1. The molecule has 0 aromatic rings. The van der Waals surface area contributed by atoms with Gasteiger partial charge in [-0.1, -0.05) is 27.7 Å². The largest absolute Gasteiger partial charge is 0.299 e. The first kappa shape index (κ1) is 8.76. The summed E-state index contributed by atoms with van der Waals surface area (Å²) in [5.74, 6) is 1.40. The maximum Gasteiger partial charge on any atom is 0.136 e. The molecule has 0 spiro atoms. The Labute approximate surface area is 69.2 Å². The second-order valence-corrected chi connectivity index (χ2v) is 4.56. The summed E-state index contributed by atoms with van der Waals surface area (Å²) in [7, 11) is 0. The minimum atomic E-state index is 0.288. The molecule has 1 aliphatic rings. The lowest BCUT2D eigenvalue weighted by atomic mass is 9.77. The van der Waals surface area contributed by atoms with Gasteiger partial charge in [0, 0.05) is 12.3 Å². The second kappa shape index (κ2) is 2.62. The Morgan fingerprint density at radius 1 is 1.55 bits per heavy atom. The highest BCUT2D eigenvalue weighted by molar-refractivity contribution is 5.83. The summed E-state index contributed by atoms with van der Waals surface area (Å²) < 4.78 is 0. The average Bonchev–Trinajstić information content (AvgIpc) is 2.09. The van der Waals surface area contributed by atoms with E-state index in [1.54, 1.807) is 0 Å². The van der Waals surface area contributed by atoms with Crippen LogP contribution in [0.25, 0.3) is 0 Å². The molecule has 1 fully saturated rings. The molecule has 0 N–H and O–H groups in total. The van der Waals surface area contributed by atoms with Crippen LogP contribution in [-0.2, 0) is 4.79 Å². The molecule has 2 unspecified atom stereocenters. The van der Waals surface area contributed by atoms with Crippen molar-refractivity contribution in [3.63, 3.8) is 0 Å². The number of rotatable bonds is 1. The molecule has 0 amide bonds. The summed E-state index contributed by atoms with van der Waals surface area (Å²) in [6.45, 7) is 8.71. The maximum absolute atomic E-state index is 11.3. The van der Waals surface area contributed by atoms with Crippen molar-refractivity contribution in [3.8, 4) is 0 Å². The second-order valence-electron chi connectivity index (χ2n) is 4.56. The summed E-state index contributed by atoms with van der Waals surface area (Å²) in [6.07, 6.45) is 1.88. The predicted molar refractivity (Wildman–Crippen MR) is 46.4 cm³/mol. The normalized spacial score (nSPS) is 38.6. The van der Waals surface area contributed by atoms with E-state index in [2.05, 4.69) is 27.7 Å². The fourth-order valence-corrected chi connectivity index (χ4v) is 1.90. The van der Waals surface area contributed by atoms with Gasteiger partial charge in [-0.25, -0.2) is 0 Å². The van der Waals surface area contributed by atoms with Gasteiger partial charge in [-0.2, -0.15) is 0 Å². The molecule has 0 heterocycles. The molecule has 1 saturated carbocycles. The van der Waals surface area contributed by atoms with E-state index in [9.17, 15) is 4.79 Å². The van der Waals surface area contributed by atoms with Crippen LogP contribution < -0.4 is 0 Å². The zero-order valence-corrected chi connectivity index (χ0v) is 7.98. The molecule has 1 heteroatoms. The molecule has 0 saturated heterocycles. The predicted octanol–water partition coefficient (Wildman–Crippen LogP) is 2.65. The molecule has 0 aliphatic heterocycles. The van der Waals surface area contributed by atoms with Crippen molar-refractivity contribution in [2.24, 2.45) is 17.3 Å². The van der Waals surface area contributed by atoms with Gasteiger partial charge in [0.25, 0.3) is 0 Å². The van der Waals surface area contributed by atoms with E-state index in [0.717, 1.165) is 12.8 Å². The molecule has 2 atom stereocenters. The lowest BCUT2D eigenvalue weighted by Gasteiger charge is -2.27. The molecule has 1 aliphatic carbocycles. The minimum Gasteiger partial charge on any atom is -0.299 e. The van der Waals surface area contributed by atoms with Crippen LogP contribution in [0.4, 0.5) is 0 Å². The zero-order valence-electron chi connectivity index (χ0n) is 7.98. The monoisotopic (exact) mass is 154 g/mol. The van der Waals surface area contributed by atoms with Crippen molar-refractivity contribution in [2.45, 2.75) is 40.5 Å². The van der Waals surface area contributed by atoms with Crippen molar-refractivity contribution in [1.29, 1.82) is 0 Å². The molecule has 1 nitrogen and oxygen atoms in total. The summed E-state index contributed by atoms with van der Waals surface area (Å²) in [6, 6.07) is 0. The number of hydrogen-bond acceptors (Lipinski definition) is 1. The maximum atomic E-state index is 11.3. The van der Waals surface area contributed by atoms with Crippen molar-refractivity contribution in [3.05, 3.63) is 0 Å². The van der Waals surface area contributed by atoms with Crippen LogP contribution in [0.2, 0.25) is 0 Å². The number of carbonyl (C=O) groups is 1. The molecular formula is C10H18O. The third-order valence-corrected chi connectivity index (χ3v) is 3.29. The lowest BCUT2D eigenvalue weighted by molar-refractivity contribution is -0.120. The Morgan fingerprint density at radius 2 is 2.09 bits per heavy atom. The van der Waals surface area contributed by atoms with E-state index < -0.39 is 0 Å². The lowest BCUT2D eigenvalue weighted by Crippen LogP contribution is -2.19. The van der Waals surface area contributed by atoms with Gasteiger partial charge in [0.15, 0.2) is 0 Å². The zero-order chi connectivity index (χ0) is 8.65. The molecule has 0 aromatic heterocycles. The first-order chi connectivity index (χ1) is 4.96. The van der Waals surface area contributed by atoms with Gasteiger partial charge in [0.05, 0.1) is 0 Å². The summed E-state index contributed by atoms with van der Waals surface area (Å²) in [5.41, 5.74) is 0.288. The van der Waals surface area contributed by atoms with Gasteiger partial charge >= 0.3 is 0 Å². The summed E-state index contributed by atoms with van der Waals surface area (Å²) >= 11 is 0. The van der Waals surface area contributed by atoms with Gasteiger partial charge in [-0.15, -0.1) is 0 Å². The highest BCUT2D eigenvalue weighted by atomic mass is 16.1. The first-order valence-electron chi connectivity index (χ1n) is 4.48. The van der Waals surface area contributed by atoms with E-state index in [1.165, 1.54) is 0 Å². The summed E-state index contributed by atoms with van der Waals surface area (Å²) in [4.78, 5) is 11.3. The molecular weight excluding hydrogens is 136 g/mol. The smallest absolute Gasteiger partial charge is 0.136 e. The Morgan fingerprint density at radius 3 is 2.27 bits per heavy atom. The number of hydrogen-bond donors (Lipinski definition) is 0. The van der Waals surface area contributed by atoms with E-state index in [-0.39, 0.29) is 5.41 Å². The fourth-order valence-electron chi connectivity index (χ4n) is 1.90. The molecule has 0 bridgehead atoms. The van der Waals surface area contributed by atoms with Crippen LogP contribution in [0.15, 0.2) is 0 Å².